The molecule has 1 heterocycles. The lowest BCUT2D eigenvalue weighted by Crippen LogP contribution is -2.37. The van der Waals surface area contributed by atoms with Crippen molar-refractivity contribution in [3.05, 3.63) is 65.2 Å². The van der Waals surface area contributed by atoms with Crippen LogP contribution in [0, 0.1) is 5.92 Å². The molecule has 2 aromatic carbocycles. The molecule has 4 nitrogen and oxygen atoms in total. The van der Waals surface area contributed by atoms with Gasteiger partial charge >= 0.3 is 6.18 Å². The Kier molecular flexibility index (Phi) is 5.77. The van der Waals surface area contributed by atoms with Crippen LogP contribution < -0.4 is 5.32 Å². The van der Waals surface area contributed by atoms with Gasteiger partial charge in [-0.15, -0.1) is 0 Å². The van der Waals surface area contributed by atoms with Crippen molar-refractivity contribution in [2.75, 3.05) is 5.32 Å². The van der Waals surface area contributed by atoms with Crippen molar-refractivity contribution in [2.45, 2.75) is 57.3 Å². The van der Waals surface area contributed by atoms with Gasteiger partial charge in [-0.25, -0.2) is 0 Å². The fraction of sp³-hybridized carbons (Fsp3) is 0.417. The van der Waals surface area contributed by atoms with Gasteiger partial charge in [0.05, 0.1) is 11.6 Å². The first kappa shape index (κ1) is 21.4. The Balaban J connectivity index is 1.44. The smallest absolute Gasteiger partial charge is 0.333 e. The van der Waals surface area contributed by atoms with E-state index < -0.39 is 17.8 Å². The minimum Gasteiger partial charge on any atom is -0.333 e. The average molecular weight is 430 g/mol. The van der Waals surface area contributed by atoms with Gasteiger partial charge in [-0.05, 0) is 61.9 Å². The van der Waals surface area contributed by atoms with Crippen molar-refractivity contribution in [3.8, 4) is 0 Å². The molecule has 0 spiro atoms. The fourth-order valence-electron chi connectivity index (χ4n) is 4.30. The summed E-state index contributed by atoms with van der Waals surface area (Å²) in [6.45, 7) is 1.77. The lowest BCUT2D eigenvalue weighted by Gasteiger charge is -2.31. The van der Waals surface area contributed by atoms with E-state index >= 15 is 0 Å². The molecule has 2 amide bonds. The molecular formula is C24H25F3N2O2. The van der Waals surface area contributed by atoms with Gasteiger partial charge < -0.3 is 10.2 Å². The highest BCUT2D eigenvalue weighted by Crippen LogP contribution is 2.37. The predicted molar refractivity (Wildman–Crippen MR) is 111 cm³/mol. The standard InChI is InChI=1S/C24H25F3N2O2/c1-15(16-6-4-7-19(14-16)24(25,26)27)29(20-10-11-20)22(30)12-9-18-13-17-5-2-3-8-21(17)28-23(18)31/h2-8,14-15,18,20H,9-13H2,1H3,(H,28,31). The van der Waals surface area contributed by atoms with E-state index in [0.717, 1.165) is 36.2 Å². The summed E-state index contributed by atoms with van der Waals surface area (Å²) < 4.78 is 39.3. The summed E-state index contributed by atoms with van der Waals surface area (Å²) in [6, 6.07) is 12.4. The molecule has 0 radical (unpaired) electrons. The van der Waals surface area contributed by atoms with Crippen LogP contribution in [-0.4, -0.2) is 22.8 Å². The molecule has 164 valence electrons. The molecular weight excluding hydrogens is 405 g/mol. The lowest BCUT2D eigenvalue weighted by molar-refractivity contribution is -0.137. The van der Waals surface area contributed by atoms with Gasteiger partial charge in [-0.3, -0.25) is 9.59 Å². The van der Waals surface area contributed by atoms with Crippen LogP contribution in [0.2, 0.25) is 0 Å². The summed E-state index contributed by atoms with van der Waals surface area (Å²) in [4.78, 5) is 27.2. The second-order valence-corrected chi connectivity index (χ2v) is 8.42. The number of benzene rings is 2. The summed E-state index contributed by atoms with van der Waals surface area (Å²) in [6.07, 6.45) is -1.52. The highest BCUT2D eigenvalue weighted by molar-refractivity contribution is 5.96. The molecule has 1 aliphatic heterocycles. The van der Waals surface area contributed by atoms with Gasteiger partial charge in [0, 0.05) is 24.1 Å². The van der Waals surface area contributed by atoms with Gasteiger partial charge in [0.15, 0.2) is 0 Å². The van der Waals surface area contributed by atoms with Gasteiger partial charge in [-0.1, -0.05) is 30.3 Å². The number of hydrogen-bond acceptors (Lipinski definition) is 2. The van der Waals surface area contributed by atoms with E-state index in [2.05, 4.69) is 5.32 Å². The van der Waals surface area contributed by atoms with Crippen LogP contribution in [0.25, 0.3) is 0 Å². The largest absolute Gasteiger partial charge is 0.416 e. The van der Waals surface area contributed by atoms with Crippen molar-refractivity contribution in [3.63, 3.8) is 0 Å². The lowest BCUT2D eigenvalue weighted by atomic mass is 9.89. The molecule has 0 bridgehead atoms. The maximum atomic E-state index is 13.1. The minimum absolute atomic E-state index is 0.0537. The monoisotopic (exact) mass is 430 g/mol. The number of rotatable bonds is 6. The highest BCUT2D eigenvalue weighted by Gasteiger charge is 2.38. The number of para-hydroxylation sites is 1. The number of carbonyl (C=O) groups is 2. The average Bonchev–Trinajstić information content (AvgIpc) is 3.57. The van der Waals surface area contributed by atoms with Crippen LogP contribution in [0.3, 0.4) is 0 Å². The number of halogens is 3. The molecule has 0 aromatic heterocycles. The van der Waals surface area contributed by atoms with Crippen molar-refractivity contribution < 1.29 is 22.8 Å². The molecule has 1 saturated carbocycles. The Labute approximate surface area is 179 Å². The van der Waals surface area contributed by atoms with Crippen LogP contribution in [0.1, 0.15) is 55.3 Å². The number of anilines is 1. The first-order chi connectivity index (χ1) is 14.7. The third-order valence-electron chi connectivity index (χ3n) is 6.16. The number of nitrogens with zero attached hydrogens (tertiary/aromatic N) is 1. The van der Waals surface area contributed by atoms with Gasteiger partial charge in [-0.2, -0.15) is 13.2 Å². The van der Waals surface area contributed by atoms with Gasteiger partial charge in [0.1, 0.15) is 0 Å². The Morgan fingerprint density at radius 1 is 1.16 bits per heavy atom. The highest BCUT2D eigenvalue weighted by atomic mass is 19.4. The summed E-state index contributed by atoms with van der Waals surface area (Å²) in [5.41, 5.74) is 1.63. The number of nitrogens with one attached hydrogen (secondary N) is 1. The molecule has 7 heteroatoms. The van der Waals surface area contributed by atoms with Gasteiger partial charge in [0.2, 0.25) is 11.8 Å². The molecule has 0 saturated heterocycles. The molecule has 1 aliphatic carbocycles. The fourth-order valence-corrected chi connectivity index (χ4v) is 4.30. The van der Waals surface area contributed by atoms with E-state index in [9.17, 15) is 22.8 Å². The van der Waals surface area contributed by atoms with Gasteiger partial charge in [0.25, 0.3) is 0 Å². The van der Waals surface area contributed by atoms with Crippen molar-refractivity contribution in [1.82, 2.24) is 4.90 Å². The molecule has 1 fully saturated rings. The van der Waals surface area contributed by atoms with E-state index in [1.165, 1.54) is 6.07 Å². The number of hydrogen-bond donors (Lipinski definition) is 1. The summed E-state index contributed by atoms with van der Waals surface area (Å²) >= 11 is 0. The van der Waals surface area contributed by atoms with E-state index in [4.69, 9.17) is 0 Å². The third-order valence-corrected chi connectivity index (χ3v) is 6.16. The zero-order chi connectivity index (χ0) is 22.2. The van der Waals surface area contributed by atoms with Crippen LogP contribution in [0.5, 0.6) is 0 Å². The van der Waals surface area contributed by atoms with Crippen LogP contribution in [-0.2, 0) is 22.2 Å². The zero-order valence-corrected chi connectivity index (χ0v) is 17.3. The third kappa shape index (κ3) is 4.75. The summed E-state index contributed by atoms with van der Waals surface area (Å²) in [5.74, 6) is -0.488. The van der Waals surface area contributed by atoms with E-state index in [1.54, 1.807) is 17.9 Å². The summed E-state index contributed by atoms with van der Waals surface area (Å²) in [7, 11) is 0. The van der Waals surface area contributed by atoms with Crippen LogP contribution in [0.4, 0.5) is 18.9 Å². The molecule has 31 heavy (non-hydrogen) atoms. The number of fused-ring (bicyclic) bond motifs is 1. The molecule has 4 rings (SSSR count). The van der Waals surface area contributed by atoms with Crippen molar-refractivity contribution in [2.24, 2.45) is 5.92 Å². The molecule has 2 unspecified atom stereocenters. The maximum Gasteiger partial charge on any atom is 0.416 e. The Hall–Kier alpha value is -2.83. The second-order valence-electron chi connectivity index (χ2n) is 8.42. The number of carbonyl (C=O) groups excluding carboxylic acids is 2. The summed E-state index contributed by atoms with van der Waals surface area (Å²) in [5, 5.41) is 2.90. The Morgan fingerprint density at radius 3 is 2.61 bits per heavy atom. The Bertz CT molecular complexity index is 985. The van der Waals surface area contributed by atoms with Crippen molar-refractivity contribution in [1.29, 1.82) is 0 Å². The SMILES string of the molecule is CC(c1cccc(C(F)(F)F)c1)N(C(=O)CCC1Cc2ccccc2NC1=O)C1CC1. The van der Waals surface area contributed by atoms with Crippen LogP contribution >= 0.6 is 0 Å². The zero-order valence-electron chi connectivity index (χ0n) is 17.3. The predicted octanol–water partition coefficient (Wildman–Crippen LogP) is 5.35. The number of alkyl halides is 3. The minimum atomic E-state index is -4.42. The first-order valence-corrected chi connectivity index (χ1v) is 10.6. The number of amides is 2. The van der Waals surface area contributed by atoms with E-state index in [-0.39, 0.29) is 30.2 Å². The normalized spacial score (nSPS) is 19.4. The molecule has 2 atom stereocenters. The van der Waals surface area contributed by atoms with Crippen LogP contribution in [0.15, 0.2) is 48.5 Å². The molecule has 1 N–H and O–H groups in total. The molecule has 2 aliphatic rings. The first-order valence-electron chi connectivity index (χ1n) is 10.6. The topological polar surface area (TPSA) is 49.4 Å². The van der Waals surface area contributed by atoms with E-state index in [1.807, 2.05) is 24.3 Å². The maximum absolute atomic E-state index is 13.1. The molecule has 2 aromatic rings. The quantitative estimate of drug-likeness (QED) is 0.672. The Morgan fingerprint density at radius 2 is 1.90 bits per heavy atom. The van der Waals surface area contributed by atoms with E-state index in [0.29, 0.717) is 18.4 Å². The van der Waals surface area contributed by atoms with Crippen molar-refractivity contribution >= 4 is 17.5 Å². The second kappa shape index (κ2) is 8.36.